The first-order chi connectivity index (χ1) is 9.53. The minimum Gasteiger partial charge on any atom is -0.437 e. The molecule has 1 aromatic carbocycles. The van der Waals surface area contributed by atoms with Crippen LogP contribution >= 0.6 is 0 Å². The van der Waals surface area contributed by atoms with Crippen LogP contribution in [-0.4, -0.2) is 39.5 Å². The first-order valence-electron chi connectivity index (χ1n) is 5.40. The molecule has 1 rings (SSSR count). The topological polar surface area (TPSA) is 100 Å². The average molecular weight is 283 g/mol. The van der Waals surface area contributed by atoms with Crippen molar-refractivity contribution in [1.29, 1.82) is 0 Å². The third-order valence-corrected chi connectivity index (χ3v) is 2.16. The molecule has 0 spiro atoms. The second kappa shape index (κ2) is 6.98. The smallest absolute Gasteiger partial charge is 0.437 e. The van der Waals surface area contributed by atoms with Crippen molar-refractivity contribution in [2.45, 2.75) is 0 Å². The van der Waals surface area contributed by atoms with E-state index in [2.05, 4.69) is 14.8 Å². The third-order valence-electron chi connectivity index (χ3n) is 2.16. The summed E-state index contributed by atoms with van der Waals surface area (Å²) in [4.78, 5) is 34.0. The van der Waals surface area contributed by atoms with E-state index in [9.17, 15) is 14.4 Å². The van der Waals surface area contributed by atoms with Gasteiger partial charge in [-0.05, 0) is 12.1 Å². The molecule has 0 fully saturated rings. The molecule has 1 amide bonds. The van der Waals surface area contributed by atoms with Crippen LogP contribution < -0.4 is 14.8 Å². The number of benzene rings is 1. The predicted molar refractivity (Wildman–Crippen MR) is 65.9 cm³/mol. The van der Waals surface area contributed by atoms with Gasteiger partial charge in [0.15, 0.2) is 11.5 Å². The summed E-state index contributed by atoms with van der Waals surface area (Å²) in [5, 5.41) is 2.36. The van der Waals surface area contributed by atoms with E-state index in [1.165, 1.54) is 25.2 Å². The van der Waals surface area contributed by atoms with Crippen molar-refractivity contribution >= 4 is 18.2 Å². The minimum atomic E-state index is -1.06. The summed E-state index contributed by atoms with van der Waals surface area (Å²) in [6.07, 6.45) is -2.08. The highest BCUT2D eigenvalue weighted by molar-refractivity contribution is 5.98. The molecule has 8 nitrogen and oxygen atoms in total. The van der Waals surface area contributed by atoms with Gasteiger partial charge in [0.2, 0.25) is 0 Å². The van der Waals surface area contributed by atoms with E-state index in [0.29, 0.717) is 0 Å². The molecule has 1 N–H and O–H groups in total. The molecular formula is C12H13NO7. The van der Waals surface area contributed by atoms with Crippen LogP contribution in [0.4, 0.5) is 9.59 Å². The Kier molecular flexibility index (Phi) is 5.33. The number of hydrogen-bond donors (Lipinski definition) is 1. The van der Waals surface area contributed by atoms with E-state index in [4.69, 9.17) is 9.47 Å². The van der Waals surface area contributed by atoms with Crippen LogP contribution in [0, 0.1) is 0 Å². The normalized spacial score (nSPS) is 9.35. The van der Waals surface area contributed by atoms with Gasteiger partial charge in [0.1, 0.15) is 0 Å². The number of ether oxygens (including phenoxy) is 4. The maximum absolute atomic E-state index is 11.7. The van der Waals surface area contributed by atoms with Gasteiger partial charge >= 0.3 is 12.3 Å². The number of carbonyl (C=O) groups is 3. The Balaban J connectivity index is 3.24. The van der Waals surface area contributed by atoms with Crippen molar-refractivity contribution < 1.29 is 33.3 Å². The first-order valence-corrected chi connectivity index (χ1v) is 5.40. The Morgan fingerprint density at radius 3 is 2.15 bits per heavy atom. The lowest BCUT2D eigenvalue weighted by Gasteiger charge is -2.12. The van der Waals surface area contributed by atoms with Gasteiger partial charge in [0, 0.05) is 7.05 Å². The third kappa shape index (κ3) is 3.61. The standard InChI is InChI=1S/C12H13NO7/c1-13-10(14)7-5-4-6-8(19-11(15)17-2)9(7)20-12(16)18-3/h4-6H,1-3H3,(H,13,14). The van der Waals surface area contributed by atoms with Gasteiger partial charge in [-0.3, -0.25) is 4.79 Å². The zero-order valence-electron chi connectivity index (χ0n) is 11.1. The lowest BCUT2D eigenvalue weighted by atomic mass is 10.1. The highest BCUT2D eigenvalue weighted by Gasteiger charge is 2.21. The van der Waals surface area contributed by atoms with Crippen LogP contribution in [0.1, 0.15) is 10.4 Å². The number of methoxy groups -OCH3 is 2. The number of rotatable bonds is 3. The lowest BCUT2D eigenvalue weighted by molar-refractivity contribution is 0.0948. The molecule has 0 saturated heterocycles. The highest BCUT2D eigenvalue weighted by Crippen LogP contribution is 2.32. The van der Waals surface area contributed by atoms with E-state index in [-0.39, 0.29) is 17.1 Å². The van der Waals surface area contributed by atoms with Crippen molar-refractivity contribution in [3.05, 3.63) is 23.8 Å². The fourth-order valence-electron chi connectivity index (χ4n) is 1.27. The van der Waals surface area contributed by atoms with Crippen LogP contribution in [0.15, 0.2) is 18.2 Å². The molecule has 1 aromatic rings. The van der Waals surface area contributed by atoms with Gasteiger partial charge in [-0.25, -0.2) is 9.59 Å². The van der Waals surface area contributed by atoms with Crippen molar-refractivity contribution in [2.24, 2.45) is 0 Å². The molecule has 0 aromatic heterocycles. The number of amides is 1. The molecule has 20 heavy (non-hydrogen) atoms. The fourth-order valence-corrected chi connectivity index (χ4v) is 1.27. The van der Waals surface area contributed by atoms with Crippen molar-refractivity contribution in [1.82, 2.24) is 5.32 Å². The first kappa shape index (κ1) is 15.3. The van der Waals surface area contributed by atoms with Crippen molar-refractivity contribution in [2.75, 3.05) is 21.3 Å². The second-order valence-corrected chi connectivity index (χ2v) is 3.32. The molecule has 8 heteroatoms. The van der Waals surface area contributed by atoms with Crippen LogP contribution in [0.5, 0.6) is 11.5 Å². The molecule has 0 heterocycles. The summed E-state index contributed by atoms with van der Waals surface area (Å²) in [5.74, 6) is -0.924. The Morgan fingerprint density at radius 2 is 1.60 bits per heavy atom. The van der Waals surface area contributed by atoms with E-state index in [1.807, 2.05) is 0 Å². The number of para-hydroxylation sites is 1. The monoisotopic (exact) mass is 283 g/mol. The zero-order chi connectivity index (χ0) is 15.1. The van der Waals surface area contributed by atoms with Crippen LogP contribution in [0.2, 0.25) is 0 Å². The van der Waals surface area contributed by atoms with Crippen LogP contribution in [0.3, 0.4) is 0 Å². The summed E-state index contributed by atoms with van der Waals surface area (Å²) in [6.45, 7) is 0. The molecule has 0 radical (unpaired) electrons. The minimum absolute atomic E-state index is 0.000645. The summed E-state index contributed by atoms with van der Waals surface area (Å²) >= 11 is 0. The molecular weight excluding hydrogens is 270 g/mol. The quantitative estimate of drug-likeness (QED) is 0.659. The SMILES string of the molecule is CNC(=O)c1cccc(OC(=O)OC)c1OC(=O)OC. The molecule has 0 unspecified atom stereocenters. The van der Waals surface area contributed by atoms with E-state index in [1.54, 1.807) is 0 Å². The number of carbonyl (C=O) groups excluding carboxylic acids is 3. The number of hydrogen-bond acceptors (Lipinski definition) is 7. The van der Waals surface area contributed by atoms with Crippen LogP contribution in [-0.2, 0) is 9.47 Å². The largest absolute Gasteiger partial charge is 0.513 e. The maximum atomic E-state index is 11.7. The summed E-state index contributed by atoms with van der Waals surface area (Å²) < 4.78 is 18.3. The van der Waals surface area contributed by atoms with E-state index < -0.39 is 18.2 Å². The molecule has 0 saturated carbocycles. The van der Waals surface area contributed by atoms with Gasteiger partial charge < -0.3 is 24.3 Å². The van der Waals surface area contributed by atoms with Gasteiger partial charge in [-0.2, -0.15) is 0 Å². The Labute approximate surface area is 114 Å². The van der Waals surface area contributed by atoms with Gasteiger partial charge in [-0.15, -0.1) is 0 Å². The Morgan fingerprint density at radius 1 is 1.00 bits per heavy atom. The molecule has 0 aliphatic heterocycles. The molecule has 0 atom stereocenters. The highest BCUT2D eigenvalue weighted by atomic mass is 16.7. The van der Waals surface area contributed by atoms with Crippen molar-refractivity contribution in [3.63, 3.8) is 0 Å². The van der Waals surface area contributed by atoms with Gasteiger partial charge in [-0.1, -0.05) is 6.07 Å². The predicted octanol–water partition coefficient (Wildman–Crippen LogP) is 1.34. The number of nitrogens with one attached hydrogen (secondary N) is 1. The maximum Gasteiger partial charge on any atom is 0.513 e. The lowest BCUT2D eigenvalue weighted by Crippen LogP contribution is -2.21. The fraction of sp³-hybridized carbons (Fsp3) is 0.250. The van der Waals surface area contributed by atoms with E-state index >= 15 is 0 Å². The van der Waals surface area contributed by atoms with Crippen molar-refractivity contribution in [3.8, 4) is 11.5 Å². The molecule has 0 aliphatic carbocycles. The molecule has 0 bridgehead atoms. The van der Waals surface area contributed by atoms with Gasteiger partial charge in [0.25, 0.3) is 5.91 Å². The Bertz CT molecular complexity index is 527. The molecule has 108 valence electrons. The zero-order valence-corrected chi connectivity index (χ0v) is 11.1. The summed E-state index contributed by atoms with van der Waals surface area (Å²) in [5.41, 5.74) is -0.000645. The van der Waals surface area contributed by atoms with Gasteiger partial charge in [0.05, 0.1) is 19.8 Å². The molecule has 0 aliphatic rings. The second-order valence-electron chi connectivity index (χ2n) is 3.32. The summed E-state index contributed by atoms with van der Waals surface area (Å²) in [7, 11) is 3.62. The summed E-state index contributed by atoms with van der Waals surface area (Å²) in [6, 6.07) is 4.18. The van der Waals surface area contributed by atoms with Crippen LogP contribution in [0.25, 0.3) is 0 Å². The van der Waals surface area contributed by atoms with E-state index in [0.717, 1.165) is 14.2 Å². The Hall–Kier alpha value is -2.77. The average Bonchev–Trinajstić information content (AvgIpc) is 2.47.